The van der Waals surface area contributed by atoms with Crippen LogP contribution in [-0.2, 0) is 7.05 Å². The minimum atomic E-state index is -1.31. The Hall–Kier alpha value is -3.81. The van der Waals surface area contributed by atoms with Crippen molar-refractivity contribution in [2.24, 2.45) is 7.05 Å². The highest BCUT2D eigenvalue weighted by atomic mass is 16.5. The number of aryl methyl sites for hydroxylation is 1. The molecule has 1 heterocycles. The van der Waals surface area contributed by atoms with Gasteiger partial charge >= 0.3 is 0 Å². The van der Waals surface area contributed by atoms with E-state index in [9.17, 15) is 14.7 Å². The molecule has 3 rings (SSSR count). The zero-order valence-electron chi connectivity index (χ0n) is 14.6. The predicted octanol–water partition coefficient (Wildman–Crippen LogP) is 1.69. The highest BCUT2D eigenvalue weighted by molar-refractivity contribution is 5.87. The molecule has 1 N–H and O–H groups in total. The fourth-order valence-electron chi connectivity index (χ4n) is 2.38. The van der Waals surface area contributed by atoms with Crippen LogP contribution < -0.4 is 25.5 Å². The first kappa shape index (κ1) is 18.0. The number of carbonyl (C=O) groups excluding carboxylic acids is 1. The van der Waals surface area contributed by atoms with Gasteiger partial charge < -0.3 is 24.7 Å². The van der Waals surface area contributed by atoms with Crippen LogP contribution in [0.15, 0.2) is 59.5 Å². The second-order valence-electron chi connectivity index (χ2n) is 5.59. The van der Waals surface area contributed by atoms with Crippen molar-refractivity contribution in [2.45, 2.75) is 0 Å². The van der Waals surface area contributed by atoms with Gasteiger partial charge in [0.2, 0.25) is 0 Å². The molecular formula is C19H16N3O5-. The number of aromatic carboxylic acids is 1. The Kier molecular flexibility index (Phi) is 5.07. The molecule has 138 valence electrons. The molecular weight excluding hydrogens is 350 g/mol. The van der Waals surface area contributed by atoms with Gasteiger partial charge in [0.05, 0.1) is 19.3 Å². The Morgan fingerprint density at radius 2 is 1.89 bits per heavy atom. The summed E-state index contributed by atoms with van der Waals surface area (Å²) in [6.45, 7) is 0. The Balaban J connectivity index is 1.99. The summed E-state index contributed by atoms with van der Waals surface area (Å²) in [6, 6.07) is 12.8. The monoisotopic (exact) mass is 366 g/mol. The summed E-state index contributed by atoms with van der Waals surface area (Å²) >= 11 is 0. The van der Waals surface area contributed by atoms with Crippen LogP contribution in [0, 0.1) is 0 Å². The number of nitrogens with zero attached hydrogens (tertiary/aromatic N) is 2. The van der Waals surface area contributed by atoms with Crippen LogP contribution in [0.5, 0.6) is 17.2 Å². The van der Waals surface area contributed by atoms with E-state index in [1.165, 1.54) is 32.5 Å². The summed E-state index contributed by atoms with van der Waals surface area (Å²) in [4.78, 5) is 23.6. The van der Waals surface area contributed by atoms with Crippen molar-refractivity contribution >= 4 is 17.3 Å². The van der Waals surface area contributed by atoms with Crippen LogP contribution in [0.1, 0.15) is 10.4 Å². The first-order valence-electron chi connectivity index (χ1n) is 7.94. The maximum absolute atomic E-state index is 12.5. The summed E-state index contributed by atoms with van der Waals surface area (Å²) in [6.07, 6.45) is 1.39. The van der Waals surface area contributed by atoms with Gasteiger partial charge in [0, 0.05) is 18.8 Å². The van der Waals surface area contributed by atoms with Gasteiger partial charge in [0.15, 0.2) is 11.4 Å². The number of ether oxygens (including phenoxy) is 2. The van der Waals surface area contributed by atoms with E-state index >= 15 is 0 Å². The average Bonchev–Trinajstić information content (AvgIpc) is 2.68. The largest absolute Gasteiger partial charge is 0.545 e. The van der Waals surface area contributed by atoms with Gasteiger partial charge in [-0.05, 0) is 29.8 Å². The highest BCUT2D eigenvalue weighted by Crippen LogP contribution is 2.30. The lowest BCUT2D eigenvalue weighted by molar-refractivity contribution is -0.255. The van der Waals surface area contributed by atoms with Crippen molar-refractivity contribution < 1.29 is 19.4 Å². The molecule has 0 amide bonds. The quantitative estimate of drug-likeness (QED) is 0.707. The lowest BCUT2D eigenvalue weighted by atomic mass is 10.2. The Labute approximate surface area is 154 Å². The SMILES string of the molecule is COc1cccc(Oc2cnn(C)c(=O)c2Nc2cccc(C(=O)[O-])c2)c1. The second kappa shape index (κ2) is 7.61. The van der Waals surface area contributed by atoms with Gasteiger partial charge in [-0.2, -0.15) is 5.10 Å². The van der Waals surface area contributed by atoms with E-state index < -0.39 is 11.5 Å². The number of hydrogen-bond donors (Lipinski definition) is 1. The Bertz CT molecular complexity index is 1050. The predicted molar refractivity (Wildman–Crippen MR) is 96.6 cm³/mol. The molecule has 0 atom stereocenters. The van der Waals surface area contributed by atoms with Crippen molar-refractivity contribution in [3.8, 4) is 17.2 Å². The zero-order valence-corrected chi connectivity index (χ0v) is 14.6. The zero-order chi connectivity index (χ0) is 19.4. The van der Waals surface area contributed by atoms with Gasteiger partial charge in [-0.3, -0.25) is 4.79 Å². The third-order valence-corrected chi connectivity index (χ3v) is 3.74. The van der Waals surface area contributed by atoms with Crippen LogP contribution in [0.4, 0.5) is 11.4 Å². The first-order chi connectivity index (χ1) is 13.0. The molecule has 0 aliphatic rings. The van der Waals surface area contributed by atoms with E-state index in [1.807, 2.05) is 0 Å². The number of anilines is 2. The van der Waals surface area contributed by atoms with E-state index in [0.717, 1.165) is 4.68 Å². The molecule has 0 bridgehead atoms. The minimum Gasteiger partial charge on any atom is -0.545 e. The lowest BCUT2D eigenvalue weighted by Crippen LogP contribution is -2.23. The molecule has 27 heavy (non-hydrogen) atoms. The number of benzene rings is 2. The molecule has 2 aromatic carbocycles. The summed E-state index contributed by atoms with van der Waals surface area (Å²) < 4.78 is 12.1. The van der Waals surface area contributed by atoms with E-state index in [2.05, 4.69) is 10.4 Å². The fraction of sp³-hybridized carbons (Fsp3) is 0.105. The third-order valence-electron chi connectivity index (χ3n) is 3.74. The summed E-state index contributed by atoms with van der Waals surface area (Å²) in [7, 11) is 3.04. The molecule has 0 fully saturated rings. The van der Waals surface area contributed by atoms with Gasteiger partial charge in [0.25, 0.3) is 5.56 Å². The molecule has 0 aliphatic heterocycles. The lowest BCUT2D eigenvalue weighted by Gasteiger charge is -2.14. The molecule has 0 aliphatic carbocycles. The molecule has 0 radical (unpaired) electrons. The molecule has 3 aromatic rings. The van der Waals surface area contributed by atoms with Crippen molar-refractivity contribution in [1.29, 1.82) is 0 Å². The molecule has 8 nitrogen and oxygen atoms in total. The maximum atomic E-state index is 12.5. The van der Waals surface area contributed by atoms with Gasteiger partial charge in [0.1, 0.15) is 11.5 Å². The second-order valence-corrected chi connectivity index (χ2v) is 5.59. The van der Waals surface area contributed by atoms with E-state index in [0.29, 0.717) is 17.2 Å². The van der Waals surface area contributed by atoms with Crippen LogP contribution >= 0.6 is 0 Å². The minimum absolute atomic E-state index is 0.0128. The molecule has 0 saturated heterocycles. The standard InChI is InChI=1S/C19H17N3O5/c1-22-18(23)17(21-13-6-3-5-12(9-13)19(24)25)16(11-20-22)27-15-8-4-7-14(10-15)26-2/h3-11,21H,1-2H3,(H,24,25)/p-1. The summed E-state index contributed by atoms with van der Waals surface area (Å²) in [5.41, 5.74) is 0.0664. The topological polar surface area (TPSA) is 106 Å². The molecule has 0 unspecified atom stereocenters. The van der Waals surface area contributed by atoms with E-state index in [1.54, 1.807) is 36.4 Å². The van der Waals surface area contributed by atoms with Crippen LogP contribution in [0.3, 0.4) is 0 Å². The third kappa shape index (κ3) is 4.06. The van der Waals surface area contributed by atoms with Crippen molar-refractivity contribution in [2.75, 3.05) is 12.4 Å². The summed E-state index contributed by atoms with van der Waals surface area (Å²) in [5.74, 6) is -0.0734. The molecule has 1 aromatic heterocycles. The van der Waals surface area contributed by atoms with Crippen LogP contribution in [0.2, 0.25) is 0 Å². The number of methoxy groups -OCH3 is 1. The summed E-state index contributed by atoms with van der Waals surface area (Å²) in [5, 5.41) is 17.9. The Morgan fingerprint density at radius 3 is 2.63 bits per heavy atom. The van der Waals surface area contributed by atoms with Crippen molar-refractivity contribution in [3.05, 3.63) is 70.6 Å². The number of carbonyl (C=O) groups is 1. The maximum Gasteiger partial charge on any atom is 0.294 e. The first-order valence-corrected chi connectivity index (χ1v) is 7.94. The number of nitrogens with one attached hydrogen (secondary N) is 1. The number of aromatic nitrogens is 2. The smallest absolute Gasteiger partial charge is 0.294 e. The number of rotatable bonds is 6. The van der Waals surface area contributed by atoms with Gasteiger partial charge in [-0.15, -0.1) is 0 Å². The van der Waals surface area contributed by atoms with Crippen LogP contribution in [-0.4, -0.2) is 22.9 Å². The van der Waals surface area contributed by atoms with E-state index in [4.69, 9.17) is 9.47 Å². The van der Waals surface area contributed by atoms with Gasteiger partial charge in [-0.25, -0.2) is 4.68 Å². The number of hydrogen-bond acceptors (Lipinski definition) is 7. The molecule has 0 spiro atoms. The van der Waals surface area contributed by atoms with Gasteiger partial charge in [-0.1, -0.05) is 18.2 Å². The highest BCUT2D eigenvalue weighted by Gasteiger charge is 2.13. The number of carboxylic acids is 1. The Morgan fingerprint density at radius 1 is 1.15 bits per heavy atom. The average molecular weight is 366 g/mol. The fourth-order valence-corrected chi connectivity index (χ4v) is 2.38. The number of carboxylic acid groups (broad SMARTS) is 1. The normalized spacial score (nSPS) is 10.3. The van der Waals surface area contributed by atoms with Crippen molar-refractivity contribution in [1.82, 2.24) is 9.78 Å². The van der Waals surface area contributed by atoms with Crippen LogP contribution in [0.25, 0.3) is 0 Å². The van der Waals surface area contributed by atoms with Crippen molar-refractivity contribution in [3.63, 3.8) is 0 Å². The molecule has 0 saturated carbocycles. The van der Waals surface area contributed by atoms with E-state index in [-0.39, 0.29) is 17.0 Å². The molecule has 8 heteroatoms.